The number of aliphatic hydroxyl groups is 6. The zero-order chi connectivity index (χ0) is 41.1. The zero-order valence-electron chi connectivity index (χ0n) is 34.0. The number of hydrogen-bond donors (Lipinski definition) is 8. The molecule has 7 rings (SSSR count). The molecule has 56 heavy (non-hydrogen) atoms. The molecule has 318 valence electrons. The number of ether oxygens (including phenoxy) is 4. The molecule has 0 spiro atoms. The Labute approximate surface area is 329 Å². The first-order chi connectivity index (χ1) is 26.0. The first-order valence-electron chi connectivity index (χ1n) is 20.8. The van der Waals surface area contributed by atoms with Crippen molar-refractivity contribution in [1.82, 2.24) is 0 Å². The van der Waals surface area contributed by atoms with Crippen LogP contribution in [0, 0.1) is 50.2 Å². The summed E-state index contributed by atoms with van der Waals surface area (Å²) in [6.45, 7) is 14.1. The maximum Gasteiger partial charge on any atom is 0.314 e. The van der Waals surface area contributed by atoms with Crippen LogP contribution in [0.15, 0.2) is 11.6 Å². The van der Waals surface area contributed by atoms with Crippen molar-refractivity contribution in [2.24, 2.45) is 50.2 Å². The molecular weight excluding hydrogens is 728 g/mol. The van der Waals surface area contributed by atoms with Crippen LogP contribution >= 0.6 is 0 Å². The second-order valence-electron chi connectivity index (χ2n) is 20.5. The fraction of sp³-hybridized carbons (Fsp3) is 0.905. The molecule has 4 saturated carbocycles. The quantitative estimate of drug-likeness (QED) is 0.137. The van der Waals surface area contributed by atoms with Crippen LogP contribution in [0.3, 0.4) is 0 Å². The first-order valence-corrected chi connectivity index (χ1v) is 20.8. The fourth-order valence-corrected chi connectivity index (χ4v) is 13.8. The minimum atomic E-state index is -1.69. The van der Waals surface area contributed by atoms with Crippen molar-refractivity contribution < 1.29 is 69.4 Å². The van der Waals surface area contributed by atoms with E-state index in [0.29, 0.717) is 44.9 Å². The molecule has 7 aliphatic rings. The first kappa shape index (κ1) is 42.4. The Kier molecular flexibility index (Phi) is 10.8. The largest absolute Gasteiger partial charge is 0.481 e. The summed E-state index contributed by atoms with van der Waals surface area (Å²) in [4.78, 5) is 27.0. The highest BCUT2D eigenvalue weighted by atomic mass is 16.7. The summed E-state index contributed by atoms with van der Waals surface area (Å²) in [5.41, 5.74) is -2.64. The van der Waals surface area contributed by atoms with Crippen LogP contribution in [0.1, 0.15) is 113 Å². The third kappa shape index (κ3) is 6.01. The number of rotatable bonds is 7. The van der Waals surface area contributed by atoms with E-state index in [0.717, 1.165) is 24.8 Å². The summed E-state index contributed by atoms with van der Waals surface area (Å²) in [7, 11) is 0. The second-order valence-corrected chi connectivity index (χ2v) is 20.5. The number of carbonyl (C=O) groups is 2. The maximum atomic E-state index is 13.9. The van der Waals surface area contributed by atoms with E-state index >= 15 is 0 Å². The van der Waals surface area contributed by atoms with Gasteiger partial charge in [0.2, 0.25) is 0 Å². The Balaban J connectivity index is 1.10. The van der Waals surface area contributed by atoms with Crippen molar-refractivity contribution in [3.8, 4) is 0 Å². The van der Waals surface area contributed by atoms with Crippen molar-refractivity contribution in [3.05, 3.63) is 11.6 Å². The van der Waals surface area contributed by atoms with Crippen LogP contribution in [0.4, 0.5) is 0 Å². The number of fused-ring (bicyclic) bond motifs is 7. The average molecular weight is 795 g/mol. The predicted molar refractivity (Wildman–Crippen MR) is 198 cm³/mol. The molecule has 2 aliphatic heterocycles. The maximum absolute atomic E-state index is 13.9. The van der Waals surface area contributed by atoms with Crippen molar-refractivity contribution in [2.75, 3.05) is 6.61 Å². The van der Waals surface area contributed by atoms with E-state index in [4.69, 9.17) is 18.9 Å². The minimum absolute atomic E-state index is 0.0291. The lowest BCUT2D eigenvalue weighted by molar-refractivity contribution is -0.364. The van der Waals surface area contributed by atoms with Crippen molar-refractivity contribution >= 4 is 11.9 Å². The highest BCUT2D eigenvalue weighted by molar-refractivity contribution is 5.84. The summed E-state index contributed by atoms with van der Waals surface area (Å²) in [5.74, 6) is -1.80. The lowest BCUT2D eigenvalue weighted by Crippen LogP contribution is -2.68. The van der Waals surface area contributed by atoms with E-state index in [-0.39, 0.29) is 34.7 Å². The number of allylic oxidation sites excluding steroid dienone is 1. The van der Waals surface area contributed by atoms with Crippen molar-refractivity contribution in [1.29, 1.82) is 0 Å². The van der Waals surface area contributed by atoms with E-state index in [1.165, 1.54) is 0 Å². The molecule has 14 nitrogen and oxygen atoms in total. The smallest absolute Gasteiger partial charge is 0.314 e. The fourth-order valence-electron chi connectivity index (χ4n) is 13.8. The molecule has 2 saturated heterocycles. The van der Waals surface area contributed by atoms with Crippen molar-refractivity contribution in [3.63, 3.8) is 0 Å². The van der Waals surface area contributed by atoms with Gasteiger partial charge in [0, 0.05) is 0 Å². The normalized spacial score (nSPS) is 52.3. The van der Waals surface area contributed by atoms with E-state index < -0.39 is 102 Å². The third-order valence-electron chi connectivity index (χ3n) is 17.0. The SMILES string of the molecule is CC1OC(OC2CCC3(C)C(CCC4(C)C3CC=C3C5CC(C)(C)CCC5(C(=O)O)CCC34C(=O)O)C2(C)C)C(O)C(O)C1OC1OC(CO)C(O)C(O)C1O. The Morgan fingerprint density at radius 1 is 0.750 bits per heavy atom. The van der Waals surface area contributed by atoms with Gasteiger partial charge in [0.1, 0.15) is 42.7 Å². The molecule has 8 N–H and O–H groups in total. The monoisotopic (exact) mass is 794 g/mol. The number of aliphatic carboxylic acids is 2. The van der Waals surface area contributed by atoms with Crippen molar-refractivity contribution in [2.45, 2.75) is 180 Å². The summed E-state index contributed by atoms with van der Waals surface area (Å²) in [6.07, 6.45) is -6.14. The molecule has 14 heteroatoms. The molecule has 18 unspecified atom stereocenters. The molecule has 0 bridgehead atoms. The molecule has 5 aliphatic carbocycles. The molecular formula is C42H66O14. The van der Waals surface area contributed by atoms with Gasteiger partial charge in [0.25, 0.3) is 0 Å². The van der Waals surface area contributed by atoms with Crippen LogP contribution in [0.5, 0.6) is 0 Å². The van der Waals surface area contributed by atoms with Gasteiger partial charge in [0.05, 0.1) is 29.6 Å². The van der Waals surface area contributed by atoms with E-state index in [9.17, 15) is 50.4 Å². The van der Waals surface area contributed by atoms with Gasteiger partial charge in [-0.25, -0.2) is 0 Å². The predicted octanol–water partition coefficient (Wildman–Crippen LogP) is 2.97. The number of carboxylic acid groups (broad SMARTS) is 2. The van der Waals surface area contributed by atoms with Gasteiger partial charge in [-0.15, -0.1) is 0 Å². The van der Waals surface area contributed by atoms with Gasteiger partial charge in [-0.3, -0.25) is 9.59 Å². The van der Waals surface area contributed by atoms with Gasteiger partial charge in [-0.1, -0.05) is 53.2 Å². The second kappa shape index (κ2) is 14.2. The lowest BCUT2D eigenvalue weighted by Gasteiger charge is -2.70. The molecule has 0 aromatic carbocycles. The van der Waals surface area contributed by atoms with Crippen LogP contribution in [0.25, 0.3) is 0 Å². The Bertz CT molecular complexity index is 1560. The minimum Gasteiger partial charge on any atom is -0.481 e. The van der Waals surface area contributed by atoms with Gasteiger partial charge in [-0.2, -0.15) is 0 Å². The van der Waals surface area contributed by atoms with Crippen LogP contribution < -0.4 is 0 Å². The van der Waals surface area contributed by atoms with Crippen LogP contribution in [-0.4, -0.2) is 127 Å². The van der Waals surface area contributed by atoms with Gasteiger partial charge in [0.15, 0.2) is 12.6 Å². The third-order valence-corrected chi connectivity index (χ3v) is 17.0. The zero-order valence-corrected chi connectivity index (χ0v) is 34.0. The average Bonchev–Trinajstić information content (AvgIpc) is 3.12. The summed E-state index contributed by atoms with van der Waals surface area (Å²) in [6, 6.07) is 0. The van der Waals surface area contributed by atoms with E-state index in [1.807, 2.05) is 0 Å². The molecule has 0 aromatic rings. The van der Waals surface area contributed by atoms with Crippen LogP contribution in [-0.2, 0) is 28.5 Å². The van der Waals surface area contributed by atoms with Gasteiger partial charge >= 0.3 is 11.9 Å². The molecule has 18 atom stereocenters. The molecule has 6 fully saturated rings. The summed E-state index contributed by atoms with van der Waals surface area (Å²) < 4.78 is 24.0. The number of carboxylic acids is 2. The standard InChI is InChI=1S/C42H66O14/c1-20-32(56-34-30(47)28(45)27(44)23(19-43)54-34)29(46)31(48)33(53-20)55-26-11-12-39(6)24(38(26,4)5)10-13-40(7)25(39)9-8-21-22-18-37(2,3)14-15-41(22,35(49)50)16-17-42(21,40)36(51)52/h8,20,22-34,43-48H,9-19H2,1-7H3,(H,49,50)(H,51,52). The van der Waals surface area contributed by atoms with Gasteiger partial charge < -0.3 is 59.8 Å². The molecule has 0 amide bonds. The van der Waals surface area contributed by atoms with E-state index in [2.05, 4.69) is 47.6 Å². The topological polar surface area (TPSA) is 233 Å². The summed E-state index contributed by atoms with van der Waals surface area (Å²) >= 11 is 0. The van der Waals surface area contributed by atoms with Gasteiger partial charge in [-0.05, 0) is 111 Å². The number of aliphatic hydroxyl groups excluding tert-OH is 6. The summed E-state index contributed by atoms with van der Waals surface area (Å²) in [5, 5.41) is 85.2. The number of hydrogen-bond acceptors (Lipinski definition) is 12. The Morgan fingerprint density at radius 2 is 1.39 bits per heavy atom. The highest BCUT2D eigenvalue weighted by Crippen LogP contribution is 2.76. The molecule has 0 aromatic heterocycles. The molecule has 2 heterocycles. The Hall–Kier alpha value is -1.72. The highest BCUT2D eigenvalue weighted by Gasteiger charge is 2.73. The van der Waals surface area contributed by atoms with E-state index in [1.54, 1.807) is 6.92 Å². The van der Waals surface area contributed by atoms with Crippen LogP contribution in [0.2, 0.25) is 0 Å². The molecule has 0 radical (unpaired) electrons. The lowest BCUT2D eigenvalue weighted by atomic mass is 9.33. The Morgan fingerprint density at radius 3 is 2.04 bits per heavy atom.